The topological polar surface area (TPSA) is 55.4 Å². The van der Waals surface area contributed by atoms with Gasteiger partial charge in [0, 0.05) is 21.9 Å². The molecule has 3 aromatic carbocycles. The number of nitrogens with one attached hydrogen (secondary N) is 1. The van der Waals surface area contributed by atoms with Crippen LogP contribution in [0, 0.1) is 6.92 Å². The second-order valence-corrected chi connectivity index (χ2v) is 7.60. The van der Waals surface area contributed by atoms with Gasteiger partial charge in [-0.25, -0.2) is 4.79 Å². The highest BCUT2D eigenvalue weighted by Gasteiger charge is 2.09. The fourth-order valence-electron chi connectivity index (χ4n) is 2.66. The molecule has 0 fully saturated rings. The normalized spacial score (nSPS) is 10.4. The quantitative estimate of drug-likeness (QED) is 0.404. The second kappa shape index (κ2) is 9.94. The summed E-state index contributed by atoms with van der Waals surface area (Å²) in [6.45, 7) is 4.17. The van der Waals surface area contributed by atoms with Gasteiger partial charge < -0.3 is 10.1 Å². The highest BCUT2D eigenvalue weighted by molar-refractivity contribution is 7.98. The Bertz CT molecular complexity index is 965. The number of benzene rings is 3. The summed E-state index contributed by atoms with van der Waals surface area (Å²) in [6.07, 6.45) is 0. The van der Waals surface area contributed by atoms with Gasteiger partial charge in [-0.05, 0) is 67.9 Å². The Balaban J connectivity index is 1.55. The van der Waals surface area contributed by atoms with E-state index in [-0.39, 0.29) is 11.9 Å². The molecule has 0 unspecified atom stereocenters. The molecule has 0 radical (unpaired) electrons. The van der Waals surface area contributed by atoms with Gasteiger partial charge in [0.1, 0.15) is 0 Å². The zero-order chi connectivity index (χ0) is 20.6. The van der Waals surface area contributed by atoms with Crippen molar-refractivity contribution in [2.45, 2.75) is 24.5 Å². The first-order chi connectivity index (χ1) is 14.0. The first-order valence-electron chi connectivity index (χ1n) is 9.42. The van der Waals surface area contributed by atoms with Crippen LogP contribution in [-0.2, 0) is 10.5 Å². The van der Waals surface area contributed by atoms with E-state index in [0.29, 0.717) is 23.4 Å². The van der Waals surface area contributed by atoms with E-state index in [0.717, 1.165) is 11.3 Å². The number of carbonyl (C=O) groups excluding carboxylic acids is 2. The number of ether oxygens (including phenoxy) is 1. The molecule has 0 atom stereocenters. The zero-order valence-electron chi connectivity index (χ0n) is 16.5. The molecule has 0 bridgehead atoms. The number of rotatable bonds is 7. The molecule has 0 aliphatic carbocycles. The molecule has 0 aromatic heterocycles. The lowest BCUT2D eigenvalue weighted by Gasteiger charge is -2.08. The maximum absolute atomic E-state index is 12.4. The van der Waals surface area contributed by atoms with Crippen LogP contribution in [-0.4, -0.2) is 18.5 Å². The molecule has 3 rings (SSSR count). The molecule has 29 heavy (non-hydrogen) atoms. The second-order valence-electron chi connectivity index (χ2n) is 6.55. The lowest BCUT2D eigenvalue weighted by molar-refractivity contribution is 0.0526. The van der Waals surface area contributed by atoms with Crippen LogP contribution in [0.1, 0.15) is 38.8 Å². The molecule has 0 heterocycles. The minimum absolute atomic E-state index is 0.188. The van der Waals surface area contributed by atoms with Gasteiger partial charge >= 0.3 is 5.97 Å². The summed E-state index contributed by atoms with van der Waals surface area (Å²) in [5.41, 5.74) is 4.08. The number of aryl methyl sites for hydroxylation is 1. The third-order valence-corrected chi connectivity index (χ3v) is 5.38. The highest BCUT2D eigenvalue weighted by Crippen LogP contribution is 2.23. The van der Waals surface area contributed by atoms with Crippen LogP contribution in [0.5, 0.6) is 0 Å². The van der Waals surface area contributed by atoms with Gasteiger partial charge in [-0.3, -0.25) is 4.79 Å². The van der Waals surface area contributed by atoms with Gasteiger partial charge in [0.05, 0.1) is 12.2 Å². The summed E-state index contributed by atoms with van der Waals surface area (Å²) in [5, 5.41) is 2.84. The summed E-state index contributed by atoms with van der Waals surface area (Å²) < 4.78 is 4.95. The van der Waals surface area contributed by atoms with E-state index in [1.807, 2.05) is 24.3 Å². The number of hydrogen-bond acceptors (Lipinski definition) is 4. The lowest BCUT2D eigenvalue weighted by Crippen LogP contribution is -2.12. The van der Waals surface area contributed by atoms with Crippen molar-refractivity contribution in [3.63, 3.8) is 0 Å². The van der Waals surface area contributed by atoms with Crippen molar-refractivity contribution in [1.82, 2.24) is 0 Å². The Morgan fingerprint density at radius 2 is 1.48 bits per heavy atom. The highest BCUT2D eigenvalue weighted by atomic mass is 32.2. The molecule has 4 nitrogen and oxygen atoms in total. The maximum Gasteiger partial charge on any atom is 0.338 e. The zero-order valence-corrected chi connectivity index (χ0v) is 17.3. The SMILES string of the molecule is CCOC(=O)c1ccc(NC(=O)c2ccc(CSc3ccc(C)cc3)cc2)cc1. The van der Waals surface area contributed by atoms with Crippen LogP contribution in [0.3, 0.4) is 0 Å². The van der Waals surface area contributed by atoms with Crippen LogP contribution < -0.4 is 5.32 Å². The number of hydrogen-bond donors (Lipinski definition) is 1. The molecule has 0 aliphatic heterocycles. The molecule has 0 aliphatic rings. The molecule has 0 saturated heterocycles. The fourth-order valence-corrected chi connectivity index (χ4v) is 3.52. The van der Waals surface area contributed by atoms with E-state index in [1.165, 1.54) is 10.5 Å². The molecule has 148 valence electrons. The number of amides is 1. The molecular formula is C24H23NO3S. The Labute approximate surface area is 175 Å². The van der Waals surface area contributed by atoms with Crippen molar-refractivity contribution in [2.24, 2.45) is 0 Å². The summed E-state index contributed by atoms with van der Waals surface area (Å²) in [7, 11) is 0. The van der Waals surface area contributed by atoms with Crippen LogP contribution >= 0.6 is 11.8 Å². The van der Waals surface area contributed by atoms with Crippen LogP contribution in [0.4, 0.5) is 5.69 Å². The minimum Gasteiger partial charge on any atom is -0.462 e. The lowest BCUT2D eigenvalue weighted by atomic mass is 10.1. The van der Waals surface area contributed by atoms with E-state index in [4.69, 9.17) is 4.74 Å². The van der Waals surface area contributed by atoms with Gasteiger partial charge in [-0.15, -0.1) is 11.8 Å². The Hall–Kier alpha value is -3.05. The molecule has 1 N–H and O–H groups in total. The molecule has 0 saturated carbocycles. The average Bonchev–Trinajstić information content (AvgIpc) is 2.74. The van der Waals surface area contributed by atoms with Gasteiger partial charge in [0.25, 0.3) is 5.91 Å². The van der Waals surface area contributed by atoms with Gasteiger partial charge in [-0.2, -0.15) is 0 Å². The standard InChI is InChI=1S/C24H23NO3S/c1-3-28-24(27)20-10-12-21(13-11-20)25-23(26)19-8-6-18(7-9-19)16-29-22-14-4-17(2)5-15-22/h4-15H,3,16H2,1-2H3,(H,25,26). The van der Waals surface area contributed by atoms with E-state index >= 15 is 0 Å². The van der Waals surface area contributed by atoms with Crippen molar-refractivity contribution < 1.29 is 14.3 Å². The predicted octanol–water partition coefficient (Wildman–Crippen LogP) is 5.72. The van der Waals surface area contributed by atoms with E-state index < -0.39 is 0 Å². The predicted molar refractivity (Wildman–Crippen MR) is 118 cm³/mol. The van der Waals surface area contributed by atoms with Crippen molar-refractivity contribution >= 4 is 29.3 Å². The summed E-state index contributed by atoms with van der Waals surface area (Å²) in [6, 6.07) is 22.7. The van der Waals surface area contributed by atoms with Crippen molar-refractivity contribution in [3.05, 3.63) is 95.1 Å². The van der Waals surface area contributed by atoms with Gasteiger partial charge in [0.15, 0.2) is 0 Å². The van der Waals surface area contributed by atoms with Crippen molar-refractivity contribution in [2.75, 3.05) is 11.9 Å². The molecule has 1 amide bonds. The Morgan fingerprint density at radius 1 is 0.862 bits per heavy atom. The average molecular weight is 406 g/mol. The Kier molecular flexibility index (Phi) is 7.09. The summed E-state index contributed by atoms with van der Waals surface area (Å²) in [5.74, 6) is 0.288. The minimum atomic E-state index is -0.371. The molecule has 5 heteroatoms. The third-order valence-electron chi connectivity index (χ3n) is 4.30. The fraction of sp³-hybridized carbons (Fsp3) is 0.167. The largest absolute Gasteiger partial charge is 0.462 e. The first kappa shape index (κ1) is 20.7. The van der Waals surface area contributed by atoms with E-state index in [1.54, 1.807) is 43.0 Å². The van der Waals surface area contributed by atoms with Crippen molar-refractivity contribution in [3.8, 4) is 0 Å². The van der Waals surface area contributed by atoms with Crippen LogP contribution in [0.25, 0.3) is 0 Å². The van der Waals surface area contributed by atoms with Gasteiger partial charge in [0.2, 0.25) is 0 Å². The van der Waals surface area contributed by atoms with Crippen LogP contribution in [0.2, 0.25) is 0 Å². The van der Waals surface area contributed by atoms with E-state index in [2.05, 4.69) is 36.5 Å². The maximum atomic E-state index is 12.4. The first-order valence-corrected chi connectivity index (χ1v) is 10.4. The van der Waals surface area contributed by atoms with Gasteiger partial charge in [-0.1, -0.05) is 29.8 Å². The number of anilines is 1. The summed E-state index contributed by atoms with van der Waals surface area (Å²) >= 11 is 1.77. The summed E-state index contributed by atoms with van der Waals surface area (Å²) in [4.78, 5) is 25.4. The van der Waals surface area contributed by atoms with Crippen LogP contribution in [0.15, 0.2) is 77.7 Å². The monoisotopic (exact) mass is 405 g/mol. The number of esters is 1. The third kappa shape index (κ3) is 5.96. The number of carbonyl (C=O) groups is 2. The molecule has 3 aromatic rings. The molecular weight excluding hydrogens is 382 g/mol. The van der Waals surface area contributed by atoms with E-state index in [9.17, 15) is 9.59 Å². The van der Waals surface area contributed by atoms with Crippen molar-refractivity contribution in [1.29, 1.82) is 0 Å². The molecule has 0 spiro atoms. The Morgan fingerprint density at radius 3 is 2.10 bits per heavy atom. The smallest absolute Gasteiger partial charge is 0.338 e. The number of thioether (sulfide) groups is 1.